The SMILES string of the molecule is CC(C)C(N)c1cncn1C1CC2CCCC(C1)N2C. The Balaban J connectivity index is 1.82. The van der Waals surface area contributed by atoms with Crippen molar-refractivity contribution in [1.29, 1.82) is 0 Å². The van der Waals surface area contributed by atoms with E-state index in [-0.39, 0.29) is 6.04 Å². The lowest BCUT2D eigenvalue weighted by atomic mass is 9.82. The largest absolute Gasteiger partial charge is 0.330 e. The molecule has 1 aromatic rings. The van der Waals surface area contributed by atoms with Gasteiger partial charge in [-0.05, 0) is 38.6 Å². The molecule has 3 atom stereocenters. The van der Waals surface area contributed by atoms with E-state index in [4.69, 9.17) is 5.73 Å². The Labute approximate surface area is 122 Å². The van der Waals surface area contributed by atoms with Gasteiger partial charge in [-0.2, -0.15) is 0 Å². The average molecular weight is 276 g/mol. The van der Waals surface area contributed by atoms with Crippen molar-refractivity contribution in [3.63, 3.8) is 0 Å². The number of piperidine rings is 2. The van der Waals surface area contributed by atoms with Crippen molar-refractivity contribution in [1.82, 2.24) is 14.5 Å². The van der Waals surface area contributed by atoms with Gasteiger partial charge in [-0.15, -0.1) is 0 Å². The fraction of sp³-hybridized carbons (Fsp3) is 0.812. The van der Waals surface area contributed by atoms with Crippen LogP contribution in [0.2, 0.25) is 0 Å². The number of nitrogens with two attached hydrogens (primary N) is 1. The summed E-state index contributed by atoms with van der Waals surface area (Å²) in [4.78, 5) is 6.99. The molecule has 20 heavy (non-hydrogen) atoms. The predicted octanol–water partition coefficient (Wildman–Crippen LogP) is 2.73. The number of nitrogens with zero attached hydrogens (tertiary/aromatic N) is 3. The van der Waals surface area contributed by atoms with Crippen LogP contribution in [-0.4, -0.2) is 33.6 Å². The maximum atomic E-state index is 6.36. The lowest BCUT2D eigenvalue weighted by Gasteiger charge is -2.47. The third-order valence-electron chi connectivity index (χ3n) is 5.46. The molecule has 0 amide bonds. The third kappa shape index (κ3) is 2.40. The Bertz CT molecular complexity index is 439. The standard InChI is InChI=1S/C16H28N4/c1-11(2)16(17)15-9-18-10-20(15)14-7-12-5-4-6-13(8-14)19(12)3/h9-14,16H,4-8,17H2,1-3H3. The van der Waals surface area contributed by atoms with Gasteiger partial charge in [0.1, 0.15) is 0 Å². The van der Waals surface area contributed by atoms with Gasteiger partial charge < -0.3 is 15.2 Å². The van der Waals surface area contributed by atoms with Crippen molar-refractivity contribution in [2.45, 2.75) is 70.1 Å². The normalized spacial score (nSPS) is 32.5. The van der Waals surface area contributed by atoms with E-state index in [9.17, 15) is 0 Å². The highest BCUT2D eigenvalue weighted by Gasteiger charge is 2.37. The predicted molar refractivity (Wildman–Crippen MR) is 81.5 cm³/mol. The zero-order valence-corrected chi connectivity index (χ0v) is 13.0. The summed E-state index contributed by atoms with van der Waals surface area (Å²) in [5.74, 6) is 0.455. The molecule has 1 aromatic heterocycles. The first kappa shape index (κ1) is 14.1. The maximum Gasteiger partial charge on any atom is 0.0951 e. The van der Waals surface area contributed by atoms with Crippen LogP contribution in [-0.2, 0) is 0 Å². The summed E-state index contributed by atoms with van der Waals surface area (Å²) >= 11 is 0. The van der Waals surface area contributed by atoms with E-state index >= 15 is 0 Å². The molecule has 3 unspecified atom stereocenters. The molecule has 3 heterocycles. The number of imidazole rings is 1. The Kier molecular flexibility index (Phi) is 3.87. The highest BCUT2D eigenvalue weighted by atomic mass is 15.2. The van der Waals surface area contributed by atoms with Crippen molar-refractivity contribution in [2.75, 3.05) is 7.05 Å². The highest BCUT2D eigenvalue weighted by molar-refractivity contribution is 5.09. The summed E-state index contributed by atoms with van der Waals surface area (Å²) in [5.41, 5.74) is 7.58. The molecule has 0 aliphatic carbocycles. The van der Waals surface area contributed by atoms with E-state index in [0.717, 1.165) is 12.1 Å². The zero-order chi connectivity index (χ0) is 14.3. The molecule has 0 radical (unpaired) electrons. The quantitative estimate of drug-likeness (QED) is 0.923. The molecule has 2 aliphatic rings. The van der Waals surface area contributed by atoms with E-state index in [1.54, 1.807) is 0 Å². The first-order valence-electron chi connectivity index (χ1n) is 8.07. The van der Waals surface area contributed by atoms with E-state index in [1.165, 1.54) is 37.8 Å². The summed E-state index contributed by atoms with van der Waals surface area (Å²) in [7, 11) is 2.30. The van der Waals surface area contributed by atoms with Gasteiger partial charge in [0.25, 0.3) is 0 Å². The van der Waals surface area contributed by atoms with Gasteiger partial charge in [0.15, 0.2) is 0 Å². The van der Waals surface area contributed by atoms with Gasteiger partial charge in [-0.25, -0.2) is 4.98 Å². The monoisotopic (exact) mass is 276 g/mol. The van der Waals surface area contributed by atoms with Crippen LogP contribution >= 0.6 is 0 Å². The van der Waals surface area contributed by atoms with Crippen molar-refractivity contribution >= 4 is 0 Å². The molecular weight excluding hydrogens is 248 g/mol. The molecule has 2 bridgehead atoms. The fourth-order valence-corrected chi connectivity index (χ4v) is 4.03. The topological polar surface area (TPSA) is 47.1 Å². The van der Waals surface area contributed by atoms with Crippen LogP contribution in [0.1, 0.15) is 63.7 Å². The molecule has 0 spiro atoms. The number of hydrogen-bond donors (Lipinski definition) is 1. The Morgan fingerprint density at radius 2 is 1.85 bits per heavy atom. The van der Waals surface area contributed by atoms with Crippen LogP contribution in [0.5, 0.6) is 0 Å². The molecule has 4 nitrogen and oxygen atoms in total. The van der Waals surface area contributed by atoms with E-state index in [2.05, 4.69) is 35.3 Å². The van der Waals surface area contributed by atoms with Crippen molar-refractivity contribution in [2.24, 2.45) is 11.7 Å². The lowest BCUT2D eigenvalue weighted by molar-refractivity contribution is 0.0390. The molecule has 2 fully saturated rings. The minimum atomic E-state index is 0.0944. The lowest BCUT2D eigenvalue weighted by Crippen LogP contribution is -2.50. The van der Waals surface area contributed by atoms with E-state index in [0.29, 0.717) is 12.0 Å². The maximum absolute atomic E-state index is 6.36. The molecule has 3 rings (SSSR count). The summed E-state index contributed by atoms with van der Waals surface area (Å²) in [6.45, 7) is 4.37. The van der Waals surface area contributed by atoms with Crippen molar-refractivity contribution in [3.05, 3.63) is 18.2 Å². The van der Waals surface area contributed by atoms with Crippen LogP contribution in [0.4, 0.5) is 0 Å². The van der Waals surface area contributed by atoms with Crippen molar-refractivity contribution in [3.8, 4) is 0 Å². The molecule has 2 N–H and O–H groups in total. The number of aromatic nitrogens is 2. The molecule has 112 valence electrons. The average Bonchev–Trinajstić information content (AvgIpc) is 2.86. The number of fused-ring (bicyclic) bond motifs is 2. The van der Waals surface area contributed by atoms with E-state index in [1.807, 2.05) is 12.5 Å². The molecule has 0 saturated carbocycles. The van der Waals surface area contributed by atoms with Gasteiger partial charge in [-0.3, -0.25) is 0 Å². The Morgan fingerprint density at radius 3 is 2.45 bits per heavy atom. The van der Waals surface area contributed by atoms with Gasteiger partial charge in [0.05, 0.1) is 12.0 Å². The zero-order valence-electron chi connectivity index (χ0n) is 13.0. The van der Waals surface area contributed by atoms with Crippen LogP contribution in [0.3, 0.4) is 0 Å². The second-order valence-corrected chi connectivity index (χ2v) is 7.02. The fourth-order valence-electron chi connectivity index (χ4n) is 4.03. The third-order valence-corrected chi connectivity index (χ3v) is 5.46. The molecular formula is C16H28N4. The van der Waals surface area contributed by atoms with Crippen LogP contribution in [0.25, 0.3) is 0 Å². The van der Waals surface area contributed by atoms with Crippen LogP contribution in [0.15, 0.2) is 12.5 Å². The Morgan fingerprint density at radius 1 is 1.20 bits per heavy atom. The van der Waals surface area contributed by atoms with Gasteiger partial charge >= 0.3 is 0 Å². The molecule has 4 heteroatoms. The smallest absolute Gasteiger partial charge is 0.0951 e. The number of rotatable bonds is 3. The van der Waals surface area contributed by atoms with Gasteiger partial charge in [0.2, 0.25) is 0 Å². The first-order chi connectivity index (χ1) is 9.58. The van der Waals surface area contributed by atoms with Gasteiger partial charge in [0, 0.05) is 30.4 Å². The second-order valence-electron chi connectivity index (χ2n) is 7.02. The second kappa shape index (κ2) is 5.49. The summed E-state index contributed by atoms with van der Waals surface area (Å²) < 4.78 is 2.38. The summed E-state index contributed by atoms with van der Waals surface area (Å²) in [6.07, 6.45) is 10.6. The highest BCUT2D eigenvalue weighted by Crippen LogP contribution is 2.39. The summed E-state index contributed by atoms with van der Waals surface area (Å²) in [5, 5.41) is 0. The van der Waals surface area contributed by atoms with Gasteiger partial charge in [-0.1, -0.05) is 20.3 Å². The minimum absolute atomic E-state index is 0.0944. The molecule has 2 saturated heterocycles. The molecule has 2 aliphatic heterocycles. The van der Waals surface area contributed by atoms with Crippen LogP contribution < -0.4 is 5.73 Å². The van der Waals surface area contributed by atoms with Crippen LogP contribution in [0, 0.1) is 5.92 Å². The molecule has 0 aromatic carbocycles. The first-order valence-corrected chi connectivity index (χ1v) is 8.07. The number of hydrogen-bond acceptors (Lipinski definition) is 3. The minimum Gasteiger partial charge on any atom is -0.330 e. The Hall–Kier alpha value is -0.870. The summed E-state index contributed by atoms with van der Waals surface area (Å²) in [6, 6.07) is 2.18. The van der Waals surface area contributed by atoms with E-state index < -0.39 is 0 Å². The van der Waals surface area contributed by atoms with Crippen molar-refractivity contribution < 1.29 is 0 Å².